The molecule has 0 atom stereocenters. The summed E-state index contributed by atoms with van der Waals surface area (Å²) in [4.78, 5) is 9.82. The zero-order chi connectivity index (χ0) is 49.1. The number of carbonyl (C=O) groups is 1. The van der Waals surface area contributed by atoms with E-state index in [9.17, 15) is 154 Å². The van der Waals surface area contributed by atoms with Crippen LogP contribution in [0.15, 0.2) is 0 Å². The van der Waals surface area contributed by atoms with Crippen LogP contribution in [0.3, 0.4) is 0 Å². The molecule has 356 valence electrons. The number of ether oxygens (including phenoxy) is 1. The number of hydrogen-bond acceptors (Lipinski definition) is 5. The minimum absolute atomic E-state index is 0.211. The largest absolute Gasteiger partial charge is 0.601 e. The van der Waals surface area contributed by atoms with Crippen LogP contribution in [-0.4, -0.2) is 111 Å². The second-order valence-electron chi connectivity index (χ2n) is 9.94. The number of hydrogen-bond donors (Lipinski definition) is 0. The SMILES string of the molecule is CCOC(C)=O.FC(F)(F)O[Si](OC(F)(F)F)(OC(F)(F)F)C(F)(F)C(F)(F)C(F)(F)C(F)(F)C(F)(F)C(F)(F)C(F)(F)C(F)(F)C(F)(F)C(F)(F)C(F)(F)C(F)(F)F. The van der Waals surface area contributed by atoms with E-state index in [1.54, 1.807) is 6.92 Å². The molecule has 0 aliphatic carbocycles. The summed E-state index contributed by atoms with van der Waals surface area (Å²) in [5.41, 5.74) is -9.54. The summed E-state index contributed by atoms with van der Waals surface area (Å²) < 4.78 is 458. The van der Waals surface area contributed by atoms with Crippen LogP contribution in [0, 0.1) is 0 Å². The number of rotatable bonds is 15. The first-order valence-corrected chi connectivity index (χ1v) is 14.3. The van der Waals surface area contributed by atoms with Crippen LogP contribution in [0.2, 0.25) is 0 Å². The standard InChI is InChI=1S/C15F34O3Si.C4H8O2/c16-1(17,3(20,21)5(24,25)7(28,29)9(32,33)11(36,37)38)2(18,19)4(22,23)6(26,27)8(30,31)10(34,35)12(39,40)53(50-13(41,42)43,51-14(44,45)46)52-15(47,48)49;1-3-6-4(2)5/h;3H2,1-2H3. The first-order valence-electron chi connectivity index (χ1n) is 12.6. The van der Waals surface area contributed by atoms with Gasteiger partial charge in [-0.05, 0) is 6.92 Å². The molecular formula is C19H8F34O5Si. The lowest BCUT2D eigenvalue weighted by Gasteiger charge is -2.46. The Morgan fingerprint density at radius 3 is 0.678 bits per heavy atom. The maximum Gasteiger partial charge on any atom is 0.601 e. The van der Waals surface area contributed by atoms with Gasteiger partial charge in [0.1, 0.15) is 0 Å². The van der Waals surface area contributed by atoms with Crippen LogP contribution in [-0.2, 0) is 22.8 Å². The molecule has 0 unspecified atom stereocenters. The normalized spacial score (nSPS) is 16.1. The van der Waals surface area contributed by atoms with E-state index in [0.717, 1.165) is 0 Å². The number of carbonyl (C=O) groups excluding carboxylic acids is 1. The lowest BCUT2D eigenvalue weighted by Crippen LogP contribution is -2.81. The average Bonchev–Trinajstić information content (AvgIpc) is 2.92. The van der Waals surface area contributed by atoms with Crippen molar-refractivity contribution in [2.75, 3.05) is 6.61 Å². The highest BCUT2D eigenvalue weighted by Crippen LogP contribution is 2.68. The molecule has 0 aromatic carbocycles. The maximum atomic E-state index is 14.3. The lowest BCUT2D eigenvalue weighted by atomic mass is 9.85. The zero-order valence-electron chi connectivity index (χ0n) is 26.1. The molecule has 0 radical (unpaired) electrons. The molecule has 0 spiro atoms. The van der Waals surface area contributed by atoms with Gasteiger partial charge in [-0.2, -0.15) is 110 Å². The molecule has 0 aromatic heterocycles. The molecule has 40 heteroatoms. The molecule has 59 heavy (non-hydrogen) atoms. The average molecular weight is 990 g/mol. The first-order chi connectivity index (χ1) is 24.9. The van der Waals surface area contributed by atoms with Crippen molar-refractivity contribution < 1.29 is 172 Å². The third-order valence-corrected chi connectivity index (χ3v) is 8.37. The second kappa shape index (κ2) is 15.8. The third kappa shape index (κ3) is 9.80. The summed E-state index contributed by atoms with van der Waals surface area (Å²) in [5.74, 6) is -99.2. The van der Waals surface area contributed by atoms with Crippen molar-refractivity contribution in [1.29, 1.82) is 0 Å². The Hall–Kier alpha value is -2.81. The van der Waals surface area contributed by atoms with E-state index >= 15 is 0 Å². The first kappa shape index (κ1) is 58.3. The lowest BCUT2D eigenvalue weighted by molar-refractivity contribution is -0.482. The molecule has 0 amide bonds. The molecule has 0 aliphatic rings. The van der Waals surface area contributed by atoms with E-state index in [0.29, 0.717) is 6.61 Å². The van der Waals surface area contributed by atoms with Crippen molar-refractivity contribution in [2.45, 2.75) is 104 Å². The second-order valence-corrected chi connectivity index (χ2v) is 12.3. The Morgan fingerprint density at radius 2 is 0.542 bits per heavy atom. The molecule has 0 rings (SSSR count). The van der Waals surface area contributed by atoms with E-state index in [1.165, 1.54) is 20.2 Å². The monoisotopic (exact) mass is 990 g/mol. The topological polar surface area (TPSA) is 54.0 Å². The van der Waals surface area contributed by atoms with Gasteiger partial charge < -0.3 is 4.74 Å². The summed E-state index contributed by atoms with van der Waals surface area (Å²) in [6.07, 6.45) is -32.2. The molecule has 0 N–H and O–H groups in total. The molecule has 0 saturated heterocycles. The van der Waals surface area contributed by atoms with Crippen LogP contribution in [0.1, 0.15) is 13.8 Å². The Labute approximate surface area is 298 Å². The summed E-state index contributed by atoms with van der Waals surface area (Å²) >= 11 is 0. The minimum Gasteiger partial charge on any atom is -0.466 e. The van der Waals surface area contributed by atoms with Crippen molar-refractivity contribution in [1.82, 2.24) is 0 Å². The zero-order valence-corrected chi connectivity index (χ0v) is 27.1. The van der Waals surface area contributed by atoms with E-state index in [-0.39, 0.29) is 5.97 Å². The number of halogens is 34. The maximum absolute atomic E-state index is 14.3. The van der Waals surface area contributed by atoms with Crippen LogP contribution in [0.4, 0.5) is 149 Å². The van der Waals surface area contributed by atoms with Crippen molar-refractivity contribution in [2.24, 2.45) is 0 Å². The minimum atomic E-state index is -10.8. The molecule has 0 bridgehead atoms. The third-order valence-electron chi connectivity index (χ3n) is 5.78. The highest BCUT2D eigenvalue weighted by Gasteiger charge is 3.01. The van der Waals surface area contributed by atoms with Crippen molar-refractivity contribution in [3.8, 4) is 0 Å². The molecule has 0 aromatic rings. The van der Waals surface area contributed by atoms with Crippen LogP contribution < -0.4 is 0 Å². The van der Waals surface area contributed by atoms with Gasteiger partial charge in [-0.3, -0.25) is 18.1 Å². The highest BCUT2D eigenvalue weighted by molar-refractivity contribution is 6.64. The van der Waals surface area contributed by atoms with Gasteiger partial charge in [-0.25, -0.2) is 0 Å². The smallest absolute Gasteiger partial charge is 0.466 e. The van der Waals surface area contributed by atoms with Gasteiger partial charge in [-0.15, -0.1) is 39.5 Å². The predicted octanol–water partition coefficient (Wildman–Crippen LogP) is 11.2. The van der Waals surface area contributed by atoms with Crippen LogP contribution in [0.25, 0.3) is 0 Å². The van der Waals surface area contributed by atoms with Gasteiger partial charge in [0.25, 0.3) is 0 Å². The fourth-order valence-electron chi connectivity index (χ4n) is 3.06. The highest BCUT2D eigenvalue weighted by atomic mass is 28.4. The fourth-order valence-corrected chi connectivity index (χ4v) is 5.03. The van der Waals surface area contributed by atoms with Gasteiger partial charge >= 0.3 is 105 Å². The van der Waals surface area contributed by atoms with Crippen molar-refractivity contribution in [3.63, 3.8) is 0 Å². The molecule has 0 aliphatic heterocycles. The van der Waals surface area contributed by atoms with Gasteiger partial charge in [-0.1, -0.05) is 0 Å². The quantitative estimate of drug-likeness (QED) is 0.0930. The van der Waals surface area contributed by atoms with Crippen LogP contribution >= 0.6 is 0 Å². The summed E-state index contributed by atoms with van der Waals surface area (Å²) in [6.45, 7) is 3.65. The number of alkyl halides is 34. The van der Waals surface area contributed by atoms with E-state index in [1.807, 2.05) is 0 Å². The fraction of sp³-hybridized carbons (Fsp3) is 0.947. The van der Waals surface area contributed by atoms with Gasteiger partial charge in [0, 0.05) is 6.92 Å². The Morgan fingerprint density at radius 1 is 0.356 bits per heavy atom. The van der Waals surface area contributed by atoms with E-state index in [2.05, 4.69) is 4.74 Å². The van der Waals surface area contributed by atoms with Crippen molar-refractivity contribution in [3.05, 3.63) is 0 Å². The molecule has 0 heterocycles. The summed E-state index contributed by atoms with van der Waals surface area (Å²) in [7, 11) is -10.8. The Kier molecular flexibility index (Phi) is 15.6. The van der Waals surface area contributed by atoms with E-state index in [4.69, 9.17) is 0 Å². The van der Waals surface area contributed by atoms with Crippen molar-refractivity contribution >= 4 is 14.8 Å². The summed E-state index contributed by atoms with van der Waals surface area (Å²) in [6, 6.07) is 0. The van der Waals surface area contributed by atoms with E-state index < -0.39 is 98.8 Å². The number of esters is 1. The Bertz CT molecular complexity index is 1400. The van der Waals surface area contributed by atoms with Crippen LogP contribution in [0.5, 0.6) is 0 Å². The molecule has 0 fully saturated rings. The van der Waals surface area contributed by atoms with Gasteiger partial charge in [0.2, 0.25) is 0 Å². The molecular weight excluding hydrogens is 982 g/mol. The molecule has 0 saturated carbocycles. The van der Waals surface area contributed by atoms with Gasteiger partial charge in [0.15, 0.2) is 0 Å². The Balaban J connectivity index is 0. The molecule has 5 nitrogen and oxygen atoms in total. The predicted molar refractivity (Wildman–Crippen MR) is 110 cm³/mol. The summed E-state index contributed by atoms with van der Waals surface area (Å²) in [5, 5.41) is 0. The van der Waals surface area contributed by atoms with Gasteiger partial charge in [0.05, 0.1) is 6.61 Å².